The van der Waals surface area contributed by atoms with Gasteiger partial charge in [0.05, 0.1) is 0 Å². The van der Waals surface area contributed by atoms with Gasteiger partial charge in [-0.25, -0.2) is 0 Å². The highest BCUT2D eigenvalue weighted by molar-refractivity contribution is 5.91. The average Bonchev–Trinajstić information content (AvgIpc) is 2.40. The van der Waals surface area contributed by atoms with E-state index in [4.69, 9.17) is 0 Å². The first-order valence-electron chi connectivity index (χ1n) is 7.10. The number of hydrogen-bond acceptors (Lipinski definition) is 3. The smallest absolute Gasteiger partial charge is 0.224 e. The Morgan fingerprint density at radius 1 is 1.32 bits per heavy atom. The zero-order valence-corrected chi connectivity index (χ0v) is 11.9. The monoisotopic (exact) mass is 261 g/mol. The van der Waals surface area contributed by atoms with Crippen molar-refractivity contribution in [3.63, 3.8) is 0 Å². The largest absolute Gasteiger partial charge is 0.308 e. The number of hydrogen-bond donors (Lipinski definition) is 0. The van der Waals surface area contributed by atoms with Crippen molar-refractivity contribution in [3.8, 4) is 0 Å². The van der Waals surface area contributed by atoms with Crippen LogP contribution in [0.25, 0.3) is 0 Å². The van der Waals surface area contributed by atoms with E-state index >= 15 is 0 Å². The van der Waals surface area contributed by atoms with Gasteiger partial charge in [-0.2, -0.15) is 0 Å². The lowest BCUT2D eigenvalue weighted by atomic mass is 10.1. The Morgan fingerprint density at radius 2 is 1.95 bits per heavy atom. The lowest BCUT2D eigenvalue weighted by molar-refractivity contribution is -0.117. The van der Waals surface area contributed by atoms with Crippen molar-refractivity contribution in [1.82, 2.24) is 9.88 Å². The SMILES string of the molecule is CC(=O)N(c1ccncc1)C(C)CN1CCCCC1. The minimum atomic E-state index is 0.0932. The number of nitrogens with zero attached hydrogens (tertiary/aromatic N) is 3. The van der Waals surface area contributed by atoms with Crippen LogP contribution in [0.3, 0.4) is 0 Å². The first kappa shape index (κ1) is 14.0. The normalized spacial score (nSPS) is 18.0. The Hall–Kier alpha value is -1.42. The van der Waals surface area contributed by atoms with Crippen molar-refractivity contribution in [1.29, 1.82) is 0 Å². The van der Waals surface area contributed by atoms with Crippen molar-refractivity contribution < 1.29 is 4.79 Å². The Kier molecular flexibility index (Phi) is 4.91. The van der Waals surface area contributed by atoms with Crippen LogP contribution in [0.2, 0.25) is 0 Å². The molecule has 0 aliphatic carbocycles. The molecule has 0 spiro atoms. The van der Waals surface area contributed by atoms with Gasteiger partial charge in [-0.15, -0.1) is 0 Å². The molecule has 1 unspecified atom stereocenters. The number of anilines is 1. The molecule has 1 aliphatic heterocycles. The van der Waals surface area contributed by atoms with E-state index in [-0.39, 0.29) is 11.9 Å². The summed E-state index contributed by atoms with van der Waals surface area (Å²) in [5, 5.41) is 0. The van der Waals surface area contributed by atoms with E-state index in [1.807, 2.05) is 17.0 Å². The molecule has 0 bridgehead atoms. The molecule has 1 fully saturated rings. The molecule has 0 aromatic carbocycles. The Balaban J connectivity index is 2.04. The van der Waals surface area contributed by atoms with Crippen molar-refractivity contribution in [3.05, 3.63) is 24.5 Å². The highest BCUT2D eigenvalue weighted by Gasteiger charge is 2.22. The van der Waals surface area contributed by atoms with Gasteiger partial charge in [0.2, 0.25) is 5.91 Å². The quantitative estimate of drug-likeness (QED) is 0.834. The maximum absolute atomic E-state index is 11.9. The number of likely N-dealkylation sites (tertiary alicyclic amines) is 1. The Morgan fingerprint density at radius 3 is 2.53 bits per heavy atom. The number of carbonyl (C=O) groups is 1. The van der Waals surface area contributed by atoms with Gasteiger partial charge in [0.1, 0.15) is 0 Å². The molecule has 1 atom stereocenters. The van der Waals surface area contributed by atoms with Gasteiger partial charge in [0.25, 0.3) is 0 Å². The van der Waals surface area contributed by atoms with E-state index in [0.29, 0.717) is 0 Å². The molecule has 2 heterocycles. The standard InChI is InChI=1S/C15H23N3O/c1-13(12-17-10-4-3-5-11-17)18(14(2)19)15-6-8-16-9-7-15/h6-9,13H,3-5,10-12H2,1-2H3. The average molecular weight is 261 g/mol. The molecule has 0 N–H and O–H groups in total. The van der Waals surface area contributed by atoms with E-state index in [1.165, 1.54) is 19.3 Å². The predicted molar refractivity (Wildman–Crippen MR) is 77.2 cm³/mol. The Bertz CT molecular complexity index is 401. The molecule has 104 valence electrons. The summed E-state index contributed by atoms with van der Waals surface area (Å²) in [5.41, 5.74) is 0.937. The summed E-state index contributed by atoms with van der Waals surface area (Å²) in [7, 11) is 0. The van der Waals surface area contributed by atoms with Crippen LogP contribution in [0.4, 0.5) is 5.69 Å². The number of piperidine rings is 1. The molecular weight excluding hydrogens is 238 g/mol. The van der Waals surface area contributed by atoms with Crippen LogP contribution in [0, 0.1) is 0 Å². The third-order valence-electron chi connectivity index (χ3n) is 3.69. The van der Waals surface area contributed by atoms with Crippen LogP contribution in [0.1, 0.15) is 33.1 Å². The van der Waals surface area contributed by atoms with Gasteiger partial charge in [-0.05, 0) is 45.0 Å². The van der Waals surface area contributed by atoms with Gasteiger partial charge in [0, 0.05) is 37.6 Å². The summed E-state index contributed by atoms with van der Waals surface area (Å²) in [6, 6.07) is 3.99. The van der Waals surface area contributed by atoms with Crippen LogP contribution < -0.4 is 4.90 Å². The predicted octanol–water partition coefficient (Wildman–Crippen LogP) is 2.31. The van der Waals surface area contributed by atoms with E-state index in [1.54, 1.807) is 19.3 Å². The number of amides is 1. The molecule has 19 heavy (non-hydrogen) atoms. The van der Waals surface area contributed by atoms with Crippen LogP contribution in [0.5, 0.6) is 0 Å². The summed E-state index contributed by atoms with van der Waals surface area (Å²) < 4.78 is 0. The molecule has 1 aromatic rings. The first-order valence-corrected chi connectivity index (χ1v) is 7.10. The van der Waals surface area contributed by atoms with Crippen LogP contribution >= 0.6 is 0 Å². The lowest BCUT2D eigenvalue weighted by Crippen LogP contribution is -2.46. The van der Waals surface area contributed by atoms with E-state index in [0.717, 1.165) is 25.3 Å². The fourth-order valence-electron chi connectivity index (χ4n) is 2.85. The van der Waals surface area contributed by atoms with Gasteiger partial charge in [-0.1, -0.05) is 6.42 Å². The summed E-state index contributed by atoms with van der Waals surface area (Å²) in [6.07, 6.45) is 7.37. The molecule has 1 amide bonds. The molecule has 1 aliphatic rings. The minimum absolute atomic E-state index is 0.0932. The number of aromatic nitrogens is 1. The maximum Gasteiger partial charge on any atom is 0.224 e. The zero-order valence-electron chi connectivity index (χ0n) is 11.9. The fourth-order valence-corrected chi connectivity index (χ4v) is 2.85. The summed E-state index contributed by atoms with van der Waals surface area (Å²) in [6.45, 7) is 7.02. The van der Waals surface area contributed by atoms with Crippen molar-refractivity contribution in [2.75, 3.05) is 24.5 Å². The van der Waals surface area contributed by atoms with Crippen molar-refractivity contribution in [2.24, 2.45) is 0 Å². The zero-order chi connectivity index (χ0) is 13.7. The van der Waals surface area contributed by atoms with Gasteiger partial charge in [-0.3, -0.25) is 9.78 Å². The second kappa shape index (κ2) is 6.66. The topological polar surface area (TPSA) is 36.4 Å². The molecular formula is C15H23N3O. The van der Waals surface area contributed by atoms with Crippen LogP contribution in [0.15, 0.2) is 24.5 Å². The Labute approximate surface area is 115 Å². The molecule has 4 nitrogen and oxygen atoms in total. The highest BCUT2D eigenvalue weighted by Crippen LogP contribution is 2.18. The van der Waals surface area contributed by atoms with Gasteiger partial charge in [0.15, 0.2) is 0 Å². The minimum Gasteiger partial charge on any atom is -0.308 e. The third kappa shape index (κ3) is 3.77. The van der Waals surface area contributed by atoms with Crippen LogP contribution in [-0.4, -0.2) is 41.5 Å². The molecule has 0 saturated carbocycles. The van der Waals surface area contributed by atoms with Crippen molar-refractivity contribution >= 4 is 11.6 Å². The summed E-state index contributed by atoms with van der Waals surface area (Å²) in [5.74, 6) is 0.0932. The van der Waals surface area contributed by atoms with Gasteiger partial charge >= 0.3 is 0 Å². The number of rotatable bonds is 4. The molecule has 4 heteroatoms. The number of carbonyl (C=O) groups excluding carboxylic acids is 1. The third-order valence-corrected chi connectivity index (χ3v) is 3.69. The maximum atomic E-state index is 11.9. The second-order valence-electron chi connectivity index (χ2n) is 5.30. The molecule has 2 rings (SSSR count). The van der Waals surface area contributed by atoms with Crippen LogP contribution in [-0.2, 0) is 4.79 Å². The van der Waals surface area contributed by atoms with Gasteiger partial charge < -0.3 is 9.80 Å². The first-order chi connectivity index (χ1) is 9.18. The lowest BCUT2D eigenvalue weighted by Gasteiger charge is -2.34. The van der Waals surface area contributed by atoms with E-state index in [9.17, 15) is 4.79 Å². The molecule has 1 saturated heterocycles. The number of pyridine rings is 1. The molecule has 1 aromatic heterocycles. The van der Waals surface area contributed by atoms with E-state index in [2.05, 4.69) is 16.8 Å². The molecule has 0 radical (unpaired) electrons. The fraction of sp³-hybridized carbons (Fsp3) is 0.600. The summed E-state index contributed by atoms with van der Waals surface area (Å²) in [4.78, 5) is 20.3. The summed E-state index contributed by atoms with van der Waals surface area (Å²) >= 11 is 0. The van der Waals surface area contributed by atoms with E-state index < -0.39 is 0 Å². The second-order valence-corrected chi connectivity index (χ2v) is 5.30. The van der Waals surface area contributed by atoms with Crippen molar-refractivity contribution in [2.45, 2.75) is 39.2 Å². The highest BCUT2D eigenvalue weighted by atomic mass is 16.2.